The van der Waals surface area contributed by atoms with Crippen molar-refractivity contribution in [3.8, 4) is 5.75 Å². The van der Waals surface area contributed by atoms with Gasteiger partial charge in [0, 0.05) is 37.3 Å². The summed E-state index contributed by atoms with van der Waals surface area (Å²) in [5.74, 6) is -0.369. The highest BCUT2D eigenvalue weighted by Gasteiger charge is 2.30. The Kier molecular flexibility index (Phi) is 4.66. The first-order valence-corrected chi connectivity index (χ1v) is 8.92. The minimum absolute atomic E-state index is 0.108. The molecule has 0 saturated carbocycles. The van der Waals surface area contributed by atoms with Gasteiger partial charge in [-0.1, -0.05) is 12.1 Å². The third kappa shape index (κ3) is 3.45. The molecule has 2 heterocycles. The Morgan fingerprint density at radius 3 is 2.33 bits per heavy atom. The fourth-order valence-electron chi connectivity index (χ4n) is 3.52. The van der Waals surface area contributed by atoms with Gasteiger partial charge in [0.2, 0.25) is 0 Å². The Labute approximate surface area is 156 Å². The van der Waals surface area contributed by atoms with Crippen molar-refractivity contribution in [1.82, 2.24) is 9.80 Å². The molecule has 0 N–H and O–H groups in total. The van der Waals surface area contributed by atoms with Crippen LogP contribution in [0.15, 0.2) is 48.0 Å². The number of ether oxygens (including phenoxy) is 1. The molecule has 0 spiro atoms. The van der Waals surface area contributed by atoms with E-state index in [4.69, 9.17) is 4.74 Å². The number of carbonyl (C=O) groups excluding carboxylic acids is 1. The summed E-state index contributed by atoms with van der Waals surface area (Å²) in [5, 5.41) is 0. The van der Waals surface area contributed by atoms with Crippen LogP contribution in [0.4, 0.5) is 8.78 Å². The second-order valence-electron chi connectivity index (χ2n) is 6.89. The minimum atomic E-state index is -0.412. The molecule has 0 aliphatic carbocycles. The molecule has 2 aromatic carbocycles. The van der Waals surface area contributed by atoms with Gasteiger partial charge < -0.3 is 14.5 Å². The first kappa shape index (κ1) is 17.7. The van der Waals surface area contributed by atoms with E-state index in [9.17, 15) is 13.6 Å². The number of hydrogen-bond acceptors (Lipinski definition) is 3. The van der Waals surface area contributed by atoms with Crippen molar-refractivity contribution in [1.29, 1.82) is 0 Å². The molecule has 0 aromatic heterocycles. The average Bonchev–Trinajstić information content (AvgIpc) is 2.68. The van der Waals surface area contributed by atoms with E-state index in [0.29, 0.717) is 41.1 Å². The molecule has 0 unspecified atom stereocenters. The average molecular weight is 370 g/mol. The van der Waals surface area contributed by atoms with Crippen LogP contribution in [0.5, 0.6) is 5.75 Å². The largest absolute Gasteiger partial charge is 0.488 e. The van der Waals surface area contributed by atoms with Crippen molar-refractivity contribution in [2.75, 3.05) is 39.8 Å². The molecule has 1 fully saturated rings. The maximum Gasteiger partial charge on any atom is 0.253 e. The summed E-state index contributed by atoms with van der Waals surface area (Å²) in [6, 6.07) is 10.2. The molecule has 2 aliphatic rings. The summed E-state index contributed by atoms with van der Waals surface area (Å²) in [4.78, 5) is 17.2. The molecule has 4 nitrogen and oxygen atoms in total. The summed E-state index contributed by atoms with van der Waals surface area (Å²) in [6.07, 6.45) is 0. The van der Waals surface area contributed by atoms with Gasteiger partial charge in [-0.25, -0.2) is 8.78 Å². The lowest BCUT2D eigenvalue weighted by Gasteiger charge is -2.34. The molecule has 6 heteroatoms. The van der Waals surface area contributed by atoms with Crippen molar-refractivity contribution in [3.05, 3.63) is 70.8 Å². The number of halogens is 2. The molecule has 4 rings (SSSR count). The molecule has 2 aromatic rings. The topological polar surface area (TPSA) is 32.8 Å². The van der Waals surface area contributed by atoms with Gasteiger partial charge >= 0.3 is 0 Å². The lowest BCUT2D eigenvalue weighted by atomic mass is 9.90. The van der Waals surface area contributed by atoms with E-state index in [1.165, 1.54) is 24.3 Å². The highest BCUT2D eigenvalue weighted by Crippen LogP contribution is 2.38. The molecular weight excluding hydrogens is 350 g/mol. The normalized spacial score (nSPS) is 17.5. The van der Waals surface area contributed by atoms with E-state index < -0.39 is 5.82 Å². The van der Waals surface area contributed by atoms with Gasteiger partial charge in [0.25, 0.3) is 5.91 Å². The Morgan fingerprint density at radius 2 is 1.63 bits per heavy atom. The summed E-state index contributed by atoms with van der Waals surface area (Å²) in [7, 11) is 2.02. The Hall–Kier alpha value is -2.73. The number of nitrogens with zero attached hydrogens (tertiary/aromatic N) is 2. The monoisotopic (exact) mass is 370 g/mol. The second kappa shape index (κ2) is 7.12. The molecule has 1 amide bonds. The first-order chi connectivity index (χ1) is 13.0. The maximum atomic E-state index is 13.9. The molecule has 0 bridgehead atoms. The van der Waals surface area contributed by atoms with E-state index >= 15 is 0 Å². The van der Waals surface area contributed by atoms with Crippen LogP contribution < -0.4 is 4.74 Å². The van der Waals surface area contributed by atoms with E-state index in [2.05, 4.69) is 4.90 Å². The Morgan fingerprint density at radius 1 is 0.963 bits per heavy atom. The molecule has 0 atom stereocenters. The van der Waals surface area contributed by atoms with Crippen LogP contribution in [-0.2, 0) is 4.79 Å². The van der Waals surface area contributed by atoms with E-state index in [0.717, 1.165) is 13.1 Å². The molecule has 1 saturated heterocycles. The van der Waals surface area contributed by atoms with Gasteiger partial charge in [-0.3, -0.25) is 4.79 Å². The summed E-state index contributed by atoms with van der Waals surface area (Å²) in [6.45, 7) is 2.97. The fraction of sp³-hybridized carbons (Fsp3) is 0.286. The fourth-order valence-corrected chi connectivity index (χ4v) is 3.52. The number of fused-ring (bicyclic) bond motifs is 1. The highest BCUT2D eigenvalue weighted by molar-refractivity contribution is 6.06. The number of carbonyl (C=O) groups is 1. The van der Waals surface area contributed by atoms with Crippen LogP contribution in [0, 0.1) is 11.6 Å². The molecule has 27 heavy (non-hydrogen) atoms. The number of piperazine rings is 1. The van der Waals surface area contributed by atoms with Gasteiger partial charge in [-0.2, -0.15) is 0 Å². The molecule has 140 valence electrons. The SMILES string of the molecule is CN1CCN(C(=O)C2=C(c3ccc(F)cc3)c3cc(F)ccc3OC2)CC1. The number of likely N-dealkylation sites (N-methyl/N-ethyl adjacent to an activating group) is 1. The van der Waals surface area contributed by atoms with E-state index in [1.807, 2.05) is 7.05 Å². The lowest BCUT2D eigenvalue weighted by Crippen LogP contribution is -2.48. The van der Waals surface area contributed by atoms with Crippen molar-refractivity contribution in [2.24, 2.45) is 0 Å². The van der Waals surface area contributed by atoms with Crippen molar-refractivity contribution >= 4 is 11.5 Å². The number of rotatable bonds is 2. The highest BCUT2D eigenvalue weighted by atomic mass is 19.1. The van der Waals surface area contributed by atoms with Gasteiger partial charge in [-0.05, 0) is 42.9 Å². The summed E-state index contributed by atoms with van der Waals surface area (Å²) >= 11 is 0. The van der Waals surface area contributed by atoms with Crippen LogP contribution in [0.2, 0.25) is 0 Å². The zero-order valence-corrected chi connectivity index (χ0v) is 15.0. The van der Waals surface area contributed by atoms with Gasteiger partial charge in [0.15, 0.2) is 0 Å². The Balaban J connectivity index is 1.82. The van der Waals surface area contributed by atoms with E-state index in [-0.39, 0.29) is 18.3 Å². The predicted molar refractivity (Wildman–Crippen MR) is 98.4 cm³/mol. The van der Waals surface area contributed by atoms with Gasteiger partial charge in [0.05, 0.1) is 5.57 Å². The zero-order valence-electron chi connectivity index (χ0n) is 15.0. The third-order valence-electron chi connectivity index (χ3n) is 5.07. The number of amides is 1. The number of hydrogen-bond donors (Lipinski definition) is 0. The third-order valence-corrected chi connectivity index (χ3v) is 5.07. The summed E-state index contributed by atoms with van der Waals surface area (Å²) < 4.78 is 33.1. The van der Waals surface area contributed by atoms with Crippen LogP contribution in [-0.4, -0.2) is 55.5 Å². The standard InChI is InChI=1S/C21H20F2N2O2/c1-24-8-10-25(11-9-24)21(26)18-13-27-19-7-6-16(23)12-17(19)20(18)14-2-4-15(22)5-3-14/h2-7,12H,8-11,13H2,1H3. The smallest absolute Gasteiger partial charge is 0.253 e. The van der Waals surface area contributed by atoms with Crippen molar-refractivity contribution in [3.63, 3.8) is 0 Å². The van der Waals surface area contributed by atoms with Crippen molar-refractivity contribution < 1.29 is 18.3 Å². The zero-order chi connectivity index (χ0) is 19.0. The van der Waals surface area contributed by atoms with E-state index in [1.54, 1.807) is 23.1 Å². The molecule has 0 radical (unpaired) electrons. The van der Waals surface area contributed by atoms with Crippen LogP contribution >= 0.6 is 0 Å². The van der Waals surface area contributed by atoms with Gasteiger partial charge in [0.1, 0.15) is 24.0 Å². The molecule has 2 aliphatic heterocycles. The van der Waals surface area contributed by atoms with Gasteiger partial charge in [-0.15, -0.1) is 0 Å². The molecular formula is C21H20F2N2O2. The number of benzene rings is 2. The van der Waals surface area contributed by atoms with Crippen LogP contribution in [0.1, 0.15) is 11.1 Å². The van der Waals surface area contributed by atoms with Crippen molar-refractivity contribution in [2.45, 2.75) is 0 Å². The minimum Gasteiger partial charge on any atom is -0.488 e. The first-order valence-electron chi connectivity index (χ1n) is 8.92. The second-order valence-corrected chi connectivity index (χ2v) is 6.89. The predicted octanol–water partition coefficient (Wildman–Crippen LogP) is 2.93. The van der Waals surface area contributed by atoms with Crippen LogP contribution in [0.3, 0.4) is 0 Å². The Bertz CT molecular complexity index is 901. The maximum absolute atomic E-state index is 13.9. The lowest BCUT2D eigenvalue weighted by molar-refractivity contribution is -0.129. The van der Waals surface area contributed by atoms with Crippen LogP contribution in [0.25, 0.3) is 5.57 Å². The quantitative estimate of drug-likeness (QED) is 0.815. The summed E-state index contributed by atoms with van der Waals surface area (Å²) in [5.41, 5.74) is 2.28.